The Morgan fingerprint density at radius 1 is 1.32 bits per heavy atom. The Morgan fingerprint density at radius 3 is 2.48 bits per heavy atom. The van der Waals surface area contributed by atoms with E-state index in [2.05, 4.69) is 10.7 Å². The van der Waals surface area contributed by atoms with Crippen molar-refractivity contribution >= 4 is 17.6 Å². The van der Waals surface area contributed by atoms with Crippen LogP contribution in [0.3, 0.4) is 0 Å². The molecule has 2 N–H and O–H groups in total. The van der Waals surface area contributed by atoms with Gasteiger partial charge in [0.25, 0.3) is 5.69 Å². The van der Waals surface area contributed by atoms with Crippen LogP contribution in [-0.2, 0) is 20.9 Å². The minimum absolute atomic E-state index is 0.0325. The summed E-state index contributed by atoms with van der Waals surface area (Å²) in [5, 5.41) is 29.4. The highest BCUT2D eigenvalue weighted by molar-refractivity contribution is 5.90. The van der Waals surface area contributed by atoms with Gasteiger partial charge in [0.15, 0.2) is 6.61 Å². The number of ether oxygens (including phenoxy) is 2. The molecule has 0 atom stereocenters. The smallest absolute Gasteiger partial charge is 0.339 e. The number of nitro groups is 1. The Morgan fingerprint density at radius 2 is 1.96 bits per heavy atom. The number of aliphatic hydroxyl groups excluding tert-OH is 2. The summed E-state index contributed by atoms with van der Waals surface area (Å²) in [4.78, 5) is 34.0. The molecule has 0 heterocycles. The zero-order valence-electron chi connectivity index (χ0n) is 13.4. The summed E-state index contributed by atoms with van der Waals surface area (Å²) in [7, 11) is 0. The number of benzene rings is 1. The molecule has 0 aliphatic carbocycles. The quantitative estimate of drug-likeness (QED) is 0.298. The molecule has 0 saturated carbocycles. The molecule has 1 rings (SSSR count). The maximum absolute atomic E-state index is 11.9. The molecule has 0 aliphatic heterocycles. The topological polar surface area (TPSA) is 136 Å². The van der Waals surface area contributed by atoms with Crippen molar-refractivity contribution in [1.29, 1.82) is 0 Å². The zero-order valence-corrected chi connectivity index (χ0v) is 13.4. The molecule has 0 aliphatic rings. The van der Waals surface area contributed by atoms with Gasteiger partial charge in [0.2, 0.25) is 0 Å². The first-order valence-corrected chi connectivity index (χ1v) is 7.06. The van der Waals surface area contributed by atoms with Crippen LogP contribution in [0.25, 0.3) is 0 Å². The van der Waals surface area contributed by atoms with Gasteiger partial charge in [-0.25, -0.2) is 4.79 Å². The fraction of sp³-hybridized carbons (Fsp3) is 0.375. The number of nitrogens with zero attached hydrogens (tertiary/aromatic N) is 1. The molecule has 0 aromatic heterocycles. The van der Waals surface area contributed by atoms with Gasteiger partial charge >= 0.3 is 11.9 Å². The van der Waals surface area contributed by atoms with Gasteiger partial charge < -0.3 is 19.7 Å². The summed E-state index contributed by atoms with van der Waals surface area (Å²) < 4.78 is 9.61. The first kappa shape index (κ1) is 20.1. The molecule has 0 spiro atoms. The molecular weight excluding hydrogens is 334 g/mol. The number of hydrogen-bond acceptors (Lipinski definition) is 8. The van der Waals surface area contributed by atoms with Gasteiger partial charge in [-0.3, -0.25) is 14.9 Å². The Labute approximate surface area is 143 Å². The number of aliphatic hydroxyl groups is 2. The average Bonchev–Trinajstić information content (AvgIpc) is 2.62. The zero-order chi connectivity index (χ0) is 19.0. The van der Waals surface area contributed by atoms with Crippen LogP contribution in [0.15, 0.2) is 18.2 Å². The molecule has 25 heavy (non-hydrogen) atoms. The van der Waals surface area contributed by atoms with Crippen LogP contribution in [-0.4, -0.2) is 46.9 Å². The summed E-state index contributed by atoms with van der Waals surface area (Å²) >= 11 is 0. The van der Waals surface area contributed by atoms with Gasteiger partial charge in [-0.05, 0) is 19.1 Å². The lowest BCUT2D eigenvalue weighted by molar-refractivity contribution is -0.385. The molecule has 0 amide bonds. The molecular formula is C16H17NO8. The van der Waals surface area contributed by atoms with Gasteiger partial charge in [0.05, 0.1) is 29.3 Å². The second-order valence-electron chi connectivity index (χ2n) is 5.33. The van der Waals surface area contributed by atoms with Crippen molar-refractivity contribution in [3.05, 3.63) is 39.4 Å². The van der Waals surface area contributed by atoms with E-state index < -0.39 is 47.8 Å². The van der Waals surface area contributed by atoms with Crippen LogP contribution in [0.2, 0.25) is 0 Å². The second kappa shape index (κ2) is 8.77. The molecule has 0 unspecified atom stereocenters. The molecule has 9 nitrogen and oxygen atoms in total. The highest BCUT2D eigenvalue weighted by Crippen LogP contribution is 2.24. The number of esters is 2. The summed E-state index contributed by atoms with van der Waals surface area (Å²) in [6.07, 6.45) is 4.96. The molecule has 9 heteroatoms. The van der Waals surface area contributed by atoms with Gasteiger partial charge in [-0.15, -0.1) is 6.42 Å². The van der Waals surface area contributed by atoms with Crippen LogP contribution >= 0.6 is 0 Å². The number of carbonyl (C=O) groups excluding carboxylic acids is 2. The SMILES string of the molecule is C#CCOC(=O)c1ccc(COC(=O)C(C)(CO)CO)c([N+](=O)[O-])c1. The minimum Gasteiger partial charge on any atom is -0.460 e. The van der Waals surface area contributed by atoms with Crippen molar-refractivity contribution in [3.63, 3.8) is 0 Å². The van der Waals surface area contributed by atoms with E-state index in [9.17, 15) is 19.7 Å². The summed E-state index contributed by atoms with van der Waals surface area (Å²) in [6, 6.07) is 3.50. The highest BCUT2D eigenvalue weighted by atomic mass is 16.6. The number of hydrogen-bond donors (Lipinski definition) is 2. The number of rotatable bonds is 8. The Kier molecular flexibility index (Phi) is 7.05. The molecule has 0 fully saturated rings. The number of nitro benzene ring substituents is 1. The van der Waals surface area contributed by atoms with E-state index in [0.29, 0.717) is 0 Å². The van der Waals surface area contributed by atoms with E-state index >= 15 is 0 Å². The fourth-order valence-electron chi connectivity index (χ4n) is 1.67. The van der Waals surface area contributed by atoms with E-state index in [-0.39, 0.29) is 17.7 Å². The molecule has 1 aromatic rings. The minimum atomic E-state index is -1.52. The Hall–Kier alpha value is -2.96. The average molecular weight is 351 g/mol. The van der Waals surface area contributed by atoms with Gasteiger partial charge in [0, 0.05) is 6.07 Å². The number of carbonyl (C=O) groups is 2. The first-order valence-electron chi connectivity index (χ1n) is 7.06. The van der Waals surface area contributed by atoms with Crippen molar-refractivity contribution in [2.45, 2.75) is 13.5 Å². The van der Waals surface area contributed by atoms with Crippen LogP contribution < -0.4 is 0 Å². The van der Waals surface area contributed by atoms with E-state index in [4.69, 9.17) is 21.4 Å². The maximum atomic E-state index is 11.9. The lowest BCUT2D eigenvalue weighted by Gasteiger charge is -2.22. The number of terminal acetylenes is 1. The van der Waals surface area contributed by atoms with Gasteiger partial charge in [-0.2, -0.15) is 0 Å². The van der Waals surface area contributed by atoms with E-state index in [1.807, 2.05) is 0 Å². The van der Waals surface area contributed by atoms with Gasteiger partial charge in [-0.1, -0.05) is 5.92 Å². The molecule has 134 valence electrons. The lowest BCUT2D eigenvalue weighted by atomic mass is 9.93. The van der Waals surface area contributed by atoms with Gasteiger partial charge in [0.1, 0.15) is 12.0 Å². The van der Waals surface area contributed by atoms with E-state index in [1.54, 1.807) is 0 Å². The third-order valence-electron chi connectivity index (χ3n) is 3.35. The van der Waals surface area contributed by atoms with Crippen molar-refractivity contribution < 1.29 is 34.2 Å². The fourth-order valence-corrected chi connectivity index (χ4v) is 1.67. The summed E-state index contributed by atoms with van der Waals surface area (Å²) in [6.45, 7) is -0.750. The van der Waals surface area contributed by atoms with Crippen molar-refractivity contribution in [3.8, 4) is 12.3 Å². The van der Waals surface area contributed by atoms with Crippen LogP contribution in [0.5, 0.6) is 0 Å². The lowest BCUT2D eigenvalue weighted by Crippen LogP contribution is -2.37. The molecule has 0 bridgehead atoms. The van der Waals surface area contributed by atoms with Crippen LogP contribution in [0, 0.1) is 27.9 Å². The third kappa shape index (κ3) is 5.00. The second-order valence-corrected chi connectivity index (χ2v) is 5.33. The van der Waals surface area contributed by atoms with Crippen LogP contribution in [0.1, 0.15) is 22.8 Å². The van der Waals surface area contributed by atoms with Crippen molar-refractivity contribution in [1.82, 2.24) is 0 Å². The monoisotopic (exact) mass is 351 g/mol. The van der Waals surface area contributed by atoms with E-state index in [1.165, 1.54) is 19.1 Å². The van der Waals surface area contributed by atoms with Crippen LogP contribution in [0.4, 0.5) is 5.69 Å². The Balaban J connectivity index is 2.97. The third-order valence-corrected chi connectivity index (χ3v) is 3.35. The molecule has 0 radical (unpaired) electrons. The summed E-state index contributed by atoms with van der Waals surface area (Å²) in [5.74, 6) is 0.366. The predicted molar refractivity (Wildman–Crippen MR) is 84.3 cm³/mol. The predicted octanol–water partition coefficient (Wildman–Crippen LogP) is 0.419. The molecule has 1 aromatic carbocycles. The maximum Gasteiger partial charge on any atom is 0.339 e. The molecule has 0 saturated heterocycles. The summed E-state index contributed by atoms with van der Waals surface area (Å²) in [5.41, 5.74) is -2.01. The Bertz CT molecular complexity index is 703. The highest BCUT2D eigenvalue weighted by Gasteiger charge is 2.34. The van der Waals surface area contributed by atoms with E-state index in [0.717, 1.165) is 6.07 Å². The van der Waals surface area contributed by atoms with Crippen molar-refractivity contribution in [2.75, 3.05) is 19.8 Å². The standard InChI is InChI=1S/C16H17NO8/c1-3-6-24-14(20)11-4-5-12(13(7-11)17(22)23)8-25-15(21)16(2,9-18)10-19/h1,4-5,7,18-19H,6,8-10H2,2H3. The largest absolute Gasteiger partial charge is 0.460 e. The van der Waals surface area contributed by atoms with Crippen molar-refractivity contribution in [2.24, 2.45) is 5.41 Å². The normalized spacial score (nSPS) is 10.6. The first-order chi connectivity index (χ1) is 11.8.